The number of aryl methyl sites for hydroxylation is 1. The Balaban J connectivity index is 0.000000211. The predicted octanol–water partition coefficient (Wildman–Crippen LogP) is 5.33. The van der Waals surface area contributed by atoms with E-state index in [2.05, 4.69) is 22.2 Å². The van der Waals surface area contributed by atoms with E-state index in [1.165, 1.54) is 25.7 Å². The van der Waals surface area contributed by atoms with Crippen LogP contribution in [0.3, 0.4) is 0 Å². The number of ether oxygens (including phenoxy) is 2. The van der Waals surface area contributed by atoms with Gasteiger partial charge in [0.05, 0.1) is 19.7 Å². The van der Waals surface area contributed by atoms with Crippen LogP contribution in [0, 0.1) is 18.8 Å². The first-order valence-electron chi connectivity index (χ1n) is 12.4. The van der Waals surface area contributed by atoms with E-state index in [9.17, 15) is 5.11 Å². The number of anilines is 1. The quantitative estimate of drug-likeness (QED) is 0.473. The molecule has 35 heavy (non-hydrogen) atoms. The van der Waals surface area contributed by atoms with Crippen molar-refractivity contribution in [3.05, 3.63) is 47.8 Å². The molecule has 1 heterocycles. The van der Waals surface area contributed by atoms with E-state index in [0.29, 0.717) is 18.0 Å². The highest BCUT2D eigenvalue weighted by atomic mass is 16.5. The topological polar surface area (TPSA) is 79.7 Å². The van der Waals surface area contributed by atoms with Crippen LogP contribution in [0.15, 0.2) is 36.4 Å². The van der Waals surface area contributed by atoms with Gasteiger partial charge in [0.25, 0.3) is 0 Å². The molecule has 1 aliphatic rings. The fourth-order valence-corrected chi connectivity index (χ4v) is 4.53. The summed E-state index contributed by atoms with van der Waals surface area (Å²) in [5, 5.41) is 14.7. The fourth-order valence-electron chi connectivity index (χ4n) is 4.53. The van der Waals surface area contributed by atoms with Gasteiger partial charge in [-0.2, -0.15) is 0 Å². The Kier molecular flexibility index (Phi) is 9.55. The van der Waals surface area contributed by atoms with Crippen LogP contribution in [0.1, 0.15) is 44.0 Å². The zero-order valence-electron chi connectivity index (χ0n) is 22.0. The molecule has 2 N–H and O–H groups in total. The normalized spacial score (nSPS) is 17.4. The predicted molar refractivity (Wildman–Crippen MR) is 143 cm³/mol. The number of para-hydroxylation sites is 1. The number of aromatic nitrogens is 2. The minimum atomic E-state index is 0.218. The number of hydrogen-bond donors (Lipinski definition) is 2. The molecule has 0 atom stereocenters. The molecule has 190 valence electrons. The molecule has 0 spiro atoms. The van der Waals surface area contributed by atoms with Gasteiger partial charge in [-0.3, -0.25) is 0 Å². The molecule has 0 aliphatic heterocycles. The summed E-state index contributed by atoms with van der Waals surface area (Å²) in [4.78, 5) is 10.8. The van der Waals surface area contributed by atoms with Crippen molar-refractivity contribution in [3.8, 4) is 17.2 Å². The average Bonchev–Trinajstić information content (AvgIpc) is 2.85. The molecule has 1 aromatic heterocycles. The van der Waals surface area contributed by atoms with Crippen LogP contribution in [0.2, 0.25) is 0 Å². The van der Waals surface area contributed by atoms with Gasteiger partial charge in [-0.05, 0) is 50.3 Å². The van der Waals surface area contributed by atoms with E-state index < -0.39 is 0 Å². The highest BCUT2D eigenvalue weighted by Gasteiger charge is 2.18. The molecule has 0 radical (unpaired) electrons. The SMILES string of the molecule is COc1cc(O)c(CNCC2CCC(C)CC2)c(OC)c1.Cc1nc(N(C)C)c2ccccc2n1. The summed E-state index contributed by atoms with van der Waals surface area (Å²) in [5.41, 5.74) is 1.80. The number of benzene rings is 2. The Bertz CT molecular complexity index is 1090. The molecule has 3 aromatic rings. The van der Waals surface area contributed by atoms with Crippen molar-refractivity contribution in [2.45, 2.75) is 46.1 Å². The number of nitrogens with one attached hydrogen (secondary N) is 1. The van der Waals surface area contributed by atoms with Gasteiger partial charge < -0.3 is 24.8 Å². The van der Waals surface area contributed by atoms with Crippen LogP contribution >= 0.6 is 0 Å². The van der Waals surface area contributed by atoms with Crippen LogP contribution in [0.4, 0.5) is 5.82 Å². The maximum absolute atomic E-state index is 10.1. The van der Waals surface area contributed by atoms with Gasteiger partial charge in [0, 0.05) is 43.7 Å². The summed E-state index contributed by atoms with van der Waals surface area (Å²) in [5.74, 6) is 4.92. The average molecular weight is 481 g/mol. The monoisotopic (exact) mass is 480 g/mol. The lowest BCUT2D eigenvalue weighted by Gasteiger charge is -2.26. The summed E-state index contributed by atoms with van der Waals surface area (Å²) >= 11 is 0. The molecule has 7 nitrogen and oxygen atoms in total. The Morgan fingerprint density at radius 2 is 1.74 bits per heavy atom. The highest BCUT2D eigenvalue weighted by Crippen LogP contribution is 2.33. The number of aromatic hydroxyl groups is 1. The summed E-state index contributed by atoms with van der Waals surface area (Å²) in [6.45, 7) is 5.87. The number of phenols is 1. The third kappa shape index (κ3) is 7.21. The van der Waals surface area contributed by atoms with Crippen molar-refractivity contribution in [1.82, 2.24) is 15.3 Å². The highest BCUT2D eigenvalue weighted by molar-refractivity contribution is 5.89. The van der Waals surface area contributed by atoms with E-state index in [1.54, 1.807) is 26.4 Å². The fraction of sp³-hybridized carbons (Fsp3) is 0.500. The molecule has 0 amide bonds. The van der Waals surface area contributed by atoms with E-state index in [1.807, 2.05) is 50.2 Å². The summed E-state index contributed by atoms with van der Waals surface area (Å²) in [6.07, 6.45) is 5.28. The standard InChI is InChI=1S/C17H27NO3.C11H13N3/c1-12-4-6-13(7-5-12)10-18-11-15-16(19)8-14(20-2)9-17(15)21-3;1-8-12-10-7-5-4-6-9(10)11(13-8)14(2)3/h8-9,12-13,18-19H,4-7,10-11H2,1-3H3;4-7H,1-3H3. The van der Waals surface area contributed by atoms with Crippen LogP contribution < -0.4 is 19.7 Å². The summed E-state index contributed by atoms with van der Waals surface area (Å²) < 4.78 is 10.5. The number of phenolic OH excluding ortho intramolecular Hbond substituents is 1. The van der Waals surface area contributed by atoms with Crippen molar-refractivity contribution in [3.63, 3.8) is 0 Å². The molecule has 4 rings (SSSR count). The van der Waals surface area contributed by atoms with Gasteiger partial charge in [0.15, 0.2) is 0 Å². The lowest BCUT2D eigenvalue weighted by Crippen LogP contribution is -2.25. The smallest absolute Gasteiger partial charge is 0.139 e. The van der Waals surface area contributed by atoms with Gasteiger partial charge in [0.2, 0.25) is 0 Å². The van der Waals surface area contributed by atoms with Crippen molar-refractivity contribution in [1.29, 1.82) is 0 Å². The lowest BCUT2D eigenvalue weighted by atomic mass is 9.83. The molecule has 7 heteroatoms. The number of nitrogens with zero attached hydrogens (tertiary/aromatic N) is 3. The molecule has 1 saturated carbocycles. The van der Waals surface area contributed by atoms with Crippen LogP contribution in [-0.4, -0.2) is 49.9 Å². The number of fused-ring (bicyclic) bond motifs is 1. The third-order valence-corrected chi connectivity index (χ3v) is 6.60. The first-order chi connectivity index (χ1) is 16.8. The van der Waals surface area contributed by atoms with Crippen LogP contribution in [0.25, 0.3) is 10.9 Å². The molecule has 1 aliphatic carbocycles. The van der Waals surface area contributed by atoms with Gasteiger partial charge in [-0.15, -0.1) is 0 Å². The van der Waals surface area contributed by atoms with E-state index in [0.717, 1.165) is 46.5 Å². The minimum Gasteiger partial charge on any atom is -0.507 e. The molecule has 2 aromatic carbocycles. The number of hydrogen-bond acceptors (Lipinski definition) is 7. The van der Waals surface area contributed by atoms with Crippen LogP contribution in [0.5, 0.6) is 17.2 Å². The van der Waals surface area contributed by atoms with Crippen LogP contribution in [-0.2, 0) is 6.54 Å². The molecular weight excluding hydrogens is 440 g/mol. The molecule has 1 fully saturated rings. The Hall–Kier alpha value is -3.06. The van der Waals surface area contributed by atoms with Crippen molar-refractivity contribution in [2.24, 2.45) is 11.8 Å². The number of methoxy groups -OCH3 is 2. The van der Waals surface area contributed by atoms with Gasteiger partial charge in [-0.25, -0.2) is 9.97 Å². The lowest BCUT2D eigenvalue weighted by molar-refractivity contribution is 0.280. The summed E-state index contributed by atoms with van der Waals surface area (Å²) in [7, 11) is 7.18. The summed E-state index contributed by atoms with van der Waals surface area (Å²) in [6, 6.07) is 11.5. The minimum absolute atomic E-state index is 0.218. The van der Waals surface area contributed by atoms with E-state index >= 15 is 0 Å². The Morgan fingerprint density at radius 3 is 2.40 bits per heavy atom. The van der Waals surface area contributed by atoms with Gasteiger partial charge in [0.1, 0.15) is 28.9 Å². The molecule has 0 unspecified atom stereocenters. The van der Waals surface area contributed by atoms with E-state index in [4.69, 9.17) is 9.47 Å². The van der Waals surface area contributed by atoms with Crippen molar-refractivity contribution >= 4 is 16.7 Å². The van der Waals surface area contributed by atoms with Crippen molar-refractivity contribution < 1.29 is 14.6 Å². The first-order valence-corrected chi connectivity index (χ1v) is 12.4. The second-order valence-electron chi connectivity index (χ2n) is 9.59. The van der Waals surface area contributed by atoms with Gasteiger partial charge >= 0.3 is 0 Å². The zero-order valence-corrected chi connectivity index (χ0v) is 22.0. The third-order valence-electron chi connectivity index (χ3n) is 6.60. The Labute approximate surface area is 209 Å². The maximum Gasteiger partial charge on any atom is 0.139 e. The zero-order chi connectivity index (χ0) is 25.4. The second kappa shape index (κ2) is 12.6. The molecule has 0 bridgehead atoms. The second-order valence-corrected chi connectivity index (χ2v) is 9.59. The van der Waals surface area contributed by atoms with Crippen molar-refractivity contribution in [2.75, 3.05) is 39.8 Å². The van der Waals surface area contributed by atoms with Gasteiger partial charge in [-0.1, -0.05) is 31.9 Å². The molecule has 0 saturated heterocycles. The molecular formula is C28H40N4O3. The maximum atomic E-state index is 10.1. The van der Waals surface area contributed by atoms with E-state index in [-0.39, 0.29) is 5.75 Å². The first kappa shape index (κ1) is 26.5. The largest absolute Gasteiger partial charge is 0.507 e. The number of rotatable bonds is 7. The Morgan fingerprint density at radius 1 is 1.03 bits per heavy atom.